The molecule has 0 radical (unpaired) electrons. The molecule has 0 atom stereocenters. The molecule has 1 aliphatic heterocycles. The molecule has 2 heterocycles. The van der Waals surface area contributed by atoms with Gasteiger partial charge >= 0.3 is 5.97 Å². The number of nitrogens with zero attached hydrogens (tertiary/aromatic N) is 1. The zero-order chi connectivity index (χ0) is 13.5. The number of hydrogen-bond acceptors (Lipinski definition) is 5. The molecule has 7 nitrogen and oxygen atoms in total. The molecule has 0 unspecified atom stereocenters. The van der Waals surface area contributed by atoms with Crippen LogP contribution in [0.1, 0.15) is 28.3 Å². The van der Waals surface area contributed by atoms with E-state index in [2.05, 4.69) is 0 Å². The van der Waals surface area contributed by atoms with Gasteiger partial charge in [-0.2, -0.15) is 0 Å². The van der Waals surface area contributed by atoms with Crippen LogP contribution in [-0.4, -0.2) is 37.1 Å². The maximum atomic E-state index is 12.3. The number of furan rings is 1. The lowest BCUT2D eigenvalue weighted by Gasteiger charge is -2.14. The molecular weight excluding hydrogens is 262 g/mol. The van der Waals surface area contributed by atoms with Gasteiger partial charge in [-0.3, -0.25) is 4.84 Å². The van der Waals surface area contributed by atoms with Crippen LogP contribution >= 0.6 is 0 Å². The van der Waals surface area contributed by atoms with E-state index in [1.165, 1.54) is 13.8 Å². The minimum atomic E-state index is -3.99. The fourth-order valence-electron chi connectivity index (χ4n) is 1.94. The number of carboxylic acid groups (broad SMARTS) is 1. The molecule has 2 rings (SSSR count). The molecule has 1 saturated heterocycles. The minimum Gasteiger partial charge on any atom is -0.478 e. The maximum absolute atomic E-state index is 12.3. The summed E-state index contributed by atoms with van der Waals surface area (Å²) in [5.74, 6) is -1.21. The lowest BCUT2D eigenvalue weighted by molar-refractivity contribution is -0.0285. The van der Waals surface area contributed by atoms with Crippen LogP contribution in [0.3, 0.4) is 0 Å². The predicted octanol–water partition coefficient (Wildman–Crippen LogP) is 0.921. The Bertz CT molecular complexity index is 582. The summed E-state index contributed by atoms with van der Waals surface area (Å²) in [6.45, 7) is 3.35. The Balaban J connectivity index is 2.60. The van der Waals surface area contributed by atoms with E-state index in [1.807, 2.05) is 0 Å². The van der Waals surface area contributed by atoms with Crippen molar-refractivity contribution in [3.05, 3.63) is 17.1 Å². The Kier molecular flexibility index (Phi) is 3.18. The van der Waals surface area contributed by atoms with E-state index in [1.54, 1.807) is 0 Å². The minimum absolute atomic E-state index is 0.0559. The second kappa shape index (κ2) is 4.38. The van der Waals surface area contributed by atoms with Gasteiger partial charge in [0, 0.05) is 6.54 Å². The number of aryl methyl sites for hydroxylation is 2. The molecule has 0 bridgehead atoms. The van der Waals surface area contributed by atoms with Gasteiger partial charge in [-0.25, -0.2) is 13.2 Å². The van der Waals surface area contributed by atoms with Gasteiger partial charge in [0.1, 0.15) is 22.0 Å². The quantitative estimate of drug-likeness (QED) is 0.881. The summed E-state index contributed by atoms with van der Waals surface area (Å²) in [4.78, 5) is 15.8. The average Bonchev–Trinajstić information content (AvgIpc) is 2.85. The van der Waals surface area contributed by atoms with Crippen LogP contribution in [0.5, 0.6) is 0 Å². The van der Waals surface area contributed by atoms with Crippen molar-refractivity contribution in [1.29, 1.82) is 0 Å². The van der Waals surface area contributed by atoms with Crippen LogP contribution in [0.15, 0.2) is 9.31 Å². The van der Waals surface area contributed by atoms with Crippen LogP contribution in [-0.2, 0) is 14.9 Å². The molecule has 1 N–H and O–H groups in total. The largest absolute Gasteiger partial charge is 0.478 e. The van der Waals surface area contributed by atoms with E-state index in [4.69, 9.17) is 14.4 Å². The summed E-state index contributed by atoms with van der Waals surface area (Å²) >= 11 is 0. The summed E-state index contributed by atoms with van der Waals surface area (Å²) in [5.41, 5.74) is -0.331. The monoisotopic (exact) mass is 275 g/mol. The summed E-state index contributed by atoms with van der Waals surface area (Å²) in [6.07, 6.45) is 0.581. The Morgan fingerprint density at radius 1 is 1.33 bits per heavy atom. The average molecular weight is 275 g/mol. The van der Waals surface area contributed by atoms with Crippen molar-refractivity contribution in [2.24, 2.45) is 0 Å². The fourth-order valence-corrected chi connectivity index (χ4v) is 3.62. The smallest absolute Gasteiger partial charge is 0.340 e. The molecule has 0 saturated carbocycles. The van der Waals surface area contributed by atoms with E-state index in [-0.39, 0.29) is 28.5 Å². The Morgan fingerprint density at radius 3 is 2.50 bits per heavy atom. The second-order valence-corrected chi connectivity index (χ2v) is 5.71. The lowest BCUT2D eigenvalue weighted by Crippen LogP contribution is -2.28. The number of rotatable bonds is 3. The van der Waals surface area contributed by atoms with E-state index in [0.717, 1.165) is 4.47 Å². The zero-order valence-corrected chi connectivity index (χ0v) is 10.8. The van der Waals surface area contributed by atoms with Crippen molar-refractivity contribution in [3.8, 4) is 0 Å². The molecule has 0 aliphatic carbocycles. The first kappa shape index (κ1) is 13.1. The molecular formula is C10H13NO6S. The van der Waals surface area contributed by atoms with Crippen molar-refractivity contribution in [1.82, 2.24) is 4.47 Å². The maximum Gasteiger partial charge on any atom is 0.340 e. The summed E-state index contributed by atoms with van der Waals surface area (Å²) in [7, 11) is -3.99. The van der Waals surface area contributed by atoms with E-state index < -0.39 is 16.0 Å². The van der Waals surface area contributed by atoms with Crippen LogP contribution in [0.4, 0.5) is 0 Å². The van der Waals surface area contributed by atoms with Gasteiger partial charge in [0.25, 0.3) is 10.0 Å². The first-order valence-corrected chi connectivity index (χ1v) is 6.78. The molecule has 1 fully saturated rings. The van der Waals surface area contributed by atoms with Crippen molar-refractivity contribution in [2.45, 2.75) is 25.2 Å². The lowest BCUT2D eigenvalue weighted by atomic mass is 10.2. The number of hydrogen-bond donors (Lipinski definition) is 1. The molecule has 1 aromatic rings. The summed E-state index contributed by atoms with van der Waals surface area (Å²) in [5, 5.41) is 9.08. The van der Waals surface area contributed by atoms with Gasteiger partial charge in [-0.15, -0.1) is 0 Å². The third-order valence-corrected chi connectivity index (χ3v) is 4.50. The van der Waals surface area contributed by atoms with Crippen molar-refractivity contribution >= 4 is 16.0 Å². The summed E-state index contributed by atoms with van der Waals surface area (Å²) in [6, 6.07) is 0. The van der Waals surface area contributed by atoms with Crippen molar-refractivity contribution < 1.29 is 27.6 Å². The summed E-state index contributed by atoms with van der Waals surface area (Å²) < 4.78 is 30.5. The normalized spacial score (nSPS) is 17.2. The zero-order valence-electron chi connectivity index (χ0n) is 9.97. The highest BCUT2D eigenvalue weighted by Crippen LogP contribution is 2.30. The molecule has 0 spiro atoms. The third-order valence-electron chi connectivity index (χ3n) is 2.67. The number of aromatic carboxylic acids is 1. The molecule has 100 valence electrons. The topological polar surface area (TPSA) is 97.0 Å². The van der Waals surface area contributed by atoms with Crippen LogP contribution in [0.25, 0.3) is 0 Å². The van der Waals surface area contributed by atoms with Crippen molar-refractivity contribution in [2.75, 3.05) is 13.2 Å². The molecule has 1 aromatic heterocycles. The van der Waals surface area contributed by atoms with Crippen LogP contribution < -0.4 is 0 Å². The van der Waals surface area contributed by atoms with Crippen LogP contribution in [0, 0.1) is 13.8 Å². The van der Waals surface area contributed by atoms with E-state index in [0.29, 0.717) is 13.0 Å². The highest BCUT2D eigenvalue weighted by Gasteiger charge is 2.37. The molecule has 18 heavy (non-hydrogen) atoms. The molecule has 0 aromatic carbocycles. The Morgan fingerprint density at radius 2 is 2.00 bits per heavy atom. The van der Waals surface area contributed by atoms with Gasteiger partial charge in [0.05, 0.1) is 6.61 Å². The SMILES string of the molecule is Cc1oc(C)c(S(=O)(=O)N2CCCO2)c1C(=O)O. The van der Waals surface area contributed by atoms with Gasteiger partial charge < -0.3 is 9.52 Å². The number of carboxylic acids is 1. The molecule has 0 amide bonds. The second-order valence-electron chi connectivity index (χ2n) is 3.94. The standard InChI is InChI=1S/C10H13NO6S/c1-6-8(10(12)13)9(7(2)17-6)18(14,15)11-4-3-5-16-11/h3-5H2,1-2H3,(H,12,13). The number of hydroxylamine groups is 1. The van der Waals surface area contributed by atoms with E-state index >= 15 is 0 Å². The van der Waals surface area contributed by atoms with Gasteiger partial charge in [0.2, 0.25) is 0 Å². The first-order chi connectivity index (χ1) is 8.35. The van der Waals surface area contributed by atoms with Crippen molar-refractivity contribution in [3.63, 3.8) is 0 Å². The third kappa shape index (κ3) is 1.92. The van der Waals surface area contributed by atoms with Gasteiger partial charge in [-0.05, 0) is 20.3 Å². The molecule has 8 heteroatoms. The highest BCUT2D eigenvalue weighted by atomic mass is 32.2. The highest BCUT2D eigenvalue weighted by molar-refractivity contribution is 7.89. The fraction of sp³-hybridized carbons (Fsp3) is 0.500. The Hall–Kier alpha value is -1.38. The first-order valence-electron chi connectivity index (χ1n) is 5.34. The predicted molar refractivity (Wildman–Crippen MR) is 59.6 cm³/mol. The van der Waals surface area contributed by atoms with Gasteiger partial charge in [-0.1, -0.05) is 4.47 Å². The Labute approximate surface area is 104 Å². The number of carbonyl (C=O) groups is 1. The van der Waals surface area contributed by atoms with Gasteiger partial charge in [0.15, 0.2) is 0 Å². The van der Waals surface area contributed by atoms with E-state index in [9.17, 15) is 13.2 Å². The molecule has 1 aliphatic rings. The number of sulfonamides is 1. The van der Waals surface area contributed by atoms with Crippen LogP contribution in [0.2, 0.25) is 0 Å².